The van der Waals surface area contributed by atoms with Crippen molar-refractivity contribution in [3.8, 4) is 0 Å². The highest BCUT2D eigenvalue weighted by Crippen LogP contribution is 2.34. The molecule has 2 aliphatic rings. The summed E-state index contributed by atoms with van der Waals surface area (Å²) in [5.41, 5.74) is 1.64. The number of anilines is 1. The zero-order chi connectivity index (χ0) is 22.8. The Morgan fingerprint density at radius 3 is 2.91 bits per heavy atom. The van der Waals surface area contributed by atoms with Crippen molar-refractivity contribution in [1.29, 1.82) is 0 Å². The highest BCUT2D eigenvalue weighted by molar-refractivity contribution is 7.99. The number of fused-ring (bicyclic) bond motifs is 3. The first-order chi connectivity index (χ1) is 16.0. The molecule has 0 radical (unpaired) electrons. The molecule has 0 aromatic carbocycles. The number of thiophene rings is 1. The summed E-state index contributed by atoms with van der Waals surface area (Å²) in [5, 5.41) is 10.7. The molecule has 11 heteroatoms. The molecule has 1 fully saturated rings. The van der Waals surface area contributed by atoms with E-state index in [1.807, 2.05) is 0 Å². The van der Waals surface area contributed by atoms with Crippen LogP contribution in [-0.2, 0) is 34.7 Å². The number of nitrogens with one attached hydrogen (secondary N) is 3. The van der Waals surface area contributed by atoms with E-state index < -0.39 is 0 Å². The zero-order valence-corrected chi connectivity index (χ0v) is 19.8. The summed E-state index contributed by atoms with van der Waals surface area (Å²) in [7, 11) is 0. The van der Waals surface area contributed by atoms with Crippen LogP contribution in [0.5, 0.6) is 0 Å². The van der Waals surface area contributed by atoms with Gasteiger partial charge in [-0.25, -0.2) is 4.98 Å². The minimum absolute atomic E-state index is 0.0622. The fourth-order valence-corrected chi connectivity index (χ4v) is 6.53. The maximum atomic E-state index is 12.5. The number of thioether (sulfide) groups is 1. The second-order valence-corrected chi connectivity index (χ2v) is 10.6. The molecular formula is C22H26N6O3S2. The second kappa shape index (κ2) is 9.68. The summed E-state index contributed by atoms with van der Waals surface area (Å²) in [6.45, 7) is 0.134. The molecule has 0 atom stereocenters. The van der Waals surface area contributed by atoms with Crippen molar-refractivity contribution in [3.05, 3.63) is 39.0 Å². The minimum Gasteiger partial charge on any atom is -0.352 e. The van der Waals surface area contributed by atoms with E-state index in [-0.39, 0.29) is 35.7 Å². The molecule has 0 bridgehead atoms. The molecule has 33 heavy (non-hydrogen) atoms. The van der Waals surface area contributed by atoms with Crippen molar-refractivity contribution in [2.45, 2.75) is 63.3 Å². The predicted molar refractivity (Wildman–Crippen MR) is 130 cm³/mol. The fraction of sp³-hybridized carbons (Fsp3) is 0.500. The van der Waals surface area contributed by atoms with Gasteiger partial charge in [0.15, 0.2) is 0 Å². The third-order valence-corrected chi connectivity index (χ3v) is 8.17. The molecule has 2 aliphatic carbocycles. The summed E-state index contributed by atoms with van der Waals surface area (Å²) in [4.78, 5) is 46.5. The monoisotopic (exact) mass is 486 g/mol. The largest absolute Gasteiger partial charge is 0.352 e. The molecule has 0 aliphatic heterocycles. The van der Waals surface area contributed by atoms with E-state index in [1.54, 1.807) is 17.5 Å². The number of carbonyl (C=O) groups is 2. The van der Waals surface area contributed by atoms with Crippen LogP contribution in [0.4, 0.5) is 5.69 Å². The van der Waals surface area contributed by atoms with Gasteiger partial charge in [0, 0.05) is 17.1 Å². The molecule has 0 saturated heterocycles. The maximum absolute atomic E-state index is 12.5. The van der Waals surface area contributed by atoms with Crippen LogP contribution in [0.2, 0.25) is 0 Å². The lowest BCUT2D eigenvalue weighted by Crippen LogP contribution is -2.35. The van der Waals surface area contributed by atoms with Crippen molar-refractivity contribution < 1.29 is 9.59 Å². The summed E-state index contributed by atoms with van der Waals surface area (Å²) in [6.07, 6.45) is 10.7. The number of rotatable bonds is 8. The van der Waals surface area contributed by atoms with Crippen LogP contribution in [0.3, 0.4) is 0 Å². The van der Waals surface area contributed by atoms with Crippen LogP contribution < -0.4 is 16.2 Å². The van der Waals surface area contributed by atoms with Gasteiger partial charge in [-0.2, -0.15) is 5.10 Å². The third-order valence-electron chi connectivity index (χ3n) is 6.04. The molecule has 9 nitrogen and oxygen atoms in total. The van der Waals surface area contributed by atoms with Gasteiger partial charge in [0.25, 0.3) is 5.56 Å². The first kappa shape index (κ1) is 22.1. The van der Waals surface area contributed by atoms with Gasteiger partial charge in [-0.3, -0.25) is 19.1 Å². The van der Waals surface area contributed by atoms with Crippen LogP contribution in [-0.4, -0.2) is 43.4 Å². The molecule has 3 aromatic rings. The number of carbonyl (C=O) groups excluding carboxylic acids is 2. The Kier molecular flexibility index (Phi) is 6.50. The summed E-state index contributed by atoms with van der Waals surface area (Å²) < 4.78 is 1.52. The highest BCUT2D eigenvalue weighted by Gasteiger charge is 2.21. The first-order valence-electron chi connectivity index (χ1n) is 11.3. The number of hydrogen-bond acceptors (Lipinski definition) is 7. The predicted octanol–water partition coefficient (Wildman–Crippen LogP) is 2.60. The summed E-state index contributed by atoms with van der Waals surface area (Å²) in [6, 6.07) is 0.273. The van der Waals surface area contributed by atoms with Gasteiger partial charge in [-0.1, -0.05) is 12.8 Å². The maximum Gasteiger partial charge on any atom is 0.259 e. The van der Waals surface area contributed by atoms with E-state index in [4.69, 9.17) is 0 Å². The number of H-pyrrole nitrogens is 1. The Morgan fingerprint density at radius 2 is 2.06 bits per heavy atom. The molecule has 1 saturated carbocycles. The van der Waals surface area contributed by atoms with E-state index in [2.05, 4.69) is 25.7 Å². The van der Waals surface area contributed by atoms with Crippen molar-refractivity contribution in [1.82, 2.24) is 25.1 Å². The van der Waals surface area contributed by atoms with Crippen LogP contribution >= 0.6 is 23.1 Å². The average molecular weight is 487 g/mol. The zero-order valence-electron chi connectivity index (χ0n) is 18.2. The number of aryl methyl sites for hydroxylation is 2. The topological polar surface area (TPSA) is 122 Å². The lowest BCUT2D eigenvalue weighted by Gasteiger charge is -2.11. The van der Waals surface area contributed by atoms with Crippen LogP contribution in [0.25, 0.3) is 10.2 Å². The van der Waals surface area contributed by atoms with Gasteiger partial charge in [-0.05, 0) is 37.7 Å². The van der Waals surface area contributed by atoms with Gasteiger partial charge in [0.05, 0.1) is 28.8 Å². The van der Waals surface area contributed by atoms with Gasteiger partial charge in [-0.15, -0.1) is 23.1 Å². The van der Waals surface area contributed by atoms with Gasteiger partial charge < -0.3 is 15.6 Å². The Morgan fingerprint density at radius 1 is 1.21 bits per heavy atom. The number of hydrogen-bond donors (Lipinski definition) is 3. The average Bonchev–Trinajstić information content (AvgIpc) is 3.53. The molecule has 0 unspecified atom stereocenters. The second-order valence-electron chi connectivity index (χ2n) is 8.57. The number of aromatic nitrogens is 4. The van der Waals surface area contributed by atoms with E-state index in [0.717, 1.165) is 55.2 Å². The van der Waals surface area contributed by atoms with Crippen LogP contribution in [0, 0.1) is 0 Å². The van der Waals surface area contributed by atoms with Crippen LogP contribution in [0.15, 0.2) is 17.2 Å². The summed E-state index contributed by atoms with van der Waals surface area (Å²) >= 11 is 3.00. The van der Waals surface area contributed by atoms with E-state index in [9.17, 15) is 14.4 Å². The lowest BCUT2D eigenvalue weighted by molar-refractivity contribution is -0.122. The number of amides is 2. The quantitative estimate of drug-likeness (QED) is 0.450. The number of aromatic amines is 1. The molecule has 3 aromatic heterocycles. The first-order valence-corrected chi connectivity index (χ1v) is 13.2. The molecule has 5 rings (SSSR count). The smallest absolute Gasteiger partial charge is 0.259 e. The van der Waals surface area contributed by atoms with Gasteiger partial charge >= 0.3 is 0 Å². The molecule has 3 heterocycles. The lowest BCUT2D eigenvalue weighted by atomic mass is 10.2. The third kappa shape index (κ3) is 5.14. The van der Waals surface area contributed by atoms with Crippen molar-refractivity contribution >= 4 is 50.8 Å². The Hall–Kier alpha value is -2.66. The molecule has 174 valence electrons. The van der Waals surface area contributed by atoms with Gasteiger partial charge in [0.1, 0.15) is 17.2 Å². The van der Waals surface area contributed by atoms with Crippen LogP contribution in [0.1, 0.15) is 48.4 Å². The van der Waals surface area contributed by atoms with E-state index in [0.29, 0.717) is 17.3 Å². The summed E-state index contributed by atoms with van der Waals surface area (Å²) in [5.74, 6) is 1.02. The molecule has 2 amide bonds. The normalized spacial score (nSPS) is 15.8. The fourth-order valence-electron chi connectivity index (χ4n) is 4.56. The van der Waals surface area contributed by atoms with Gasteiger partial charge in [0.2, 0.25) is 11.8 Å². The van der Waals surface area contributed by atoms with Crippen molar-refractivity contribution in [2.24, 2.45) is 0 Å². The number of nitrogens with zero attached hydrogens (tertiary/aromatic N) is 3. The van der Waals surface area contributed by atoms with E-state index in [1.165, 1.54) is 33.1 Å². The molecule has 0 spiro atoms. The Balaban J connectivity index is 1.10. The SMILES string of the molecule is O=C(CSCc1nc2sc3c(c2c(=O)[nH]1)CCC3)Nc1cnn(CC(=O)NC2CCCC2)c1. The van der Waals surface area contributed by atoms with Crippen molar-refractivity contribution in [2.75, 3.05) is 11.1 Å². The Bertz CT molecular complexity index is 1240. The minimum atomic E-state index is -0.173. The highest BCUT2D eigenvalue weighted by atomic mass is 32.2. The standard InChI is InChI=1S/C22H26N6O3S2/c29-18(24-13-4-1-2-5-13)10-28-9-14(8-23-28)25-19(30)12-32-11-17-26-21(31)20-15-6-3-7-16(15)33-22(20)27-17/h8-9,13H,1-7,10-12H2,(H,24,29)(H,25,30)(H,26,27,31). The van der Waals surface area contributed by atoms with E-state index >= 15 is 0 Å². The molecular weight excluding hydrogens is 460 g/mol. The van der Waals surface area contributed by atoms with Crippen molar-refractivity contribution in [3.63, 3.8) is 0 Å². The Labute approximate surface area is 198 Å². The molecule has 3 N–H and O–H groups in total.